The first kappa shape index (κ1) is 10.9. The molecule has 2 rings (SSSR count). The number of rotatable bonds is 2. The van der Waals surface area contributed by atoms with Crippen LogP contribution in [0.3, 0.4) is 0 Å². The maximum Gasteiger partial charge on any atom is 0.242 e. The zero-order chi connectivity index (χ0) is 11.7. The second-order valence-corrected chi connectivity index (χ2v) is 4.25. The molecule has 0 aliphatic carbocycles. The van der Waals surface area contributed by atoms with E-state index in [1.165, 1.54) is 0 Å². The normalized spacial score (nSPS) is 10.8. The molecule has 0 saturated heterocycles. The molecule has 0 N–H and O–H groups in total. The van der Waals surface area contributed by atoms with Crippen LogP contribution < -0.4 is 0 Å². The smallest absolute Gasteiger partial charge is 0.242 e. The first-order valence-corrected chi connectivity index (χ1v) is 5.40. The Bertz CT molecular complexity index is 580. The average Bonchev–Trinajstić information content (AvgIpc) is 2.58. The Morgan fingerprint density at radius 1 is 1.44 bits per heavy atom. The van der Waals surface area contributed by atoms with Gasteiger partial charge in [0.1, 0.15) is 5.82 Å². The lowest BCUT2D eigenvalue weighted by molar-refractivity contribution is 0.564. The van der Waals surface area contributed by atoms with E-state index in [4.69, 9.17) is 11.6 Å². The van der Waals surface area contributed by atoms with E-state index < -0.39 is 0 Å². The van der Waals surface area contributed by atoms with Crippen LogP contribution in [0.1, 0.15) is 19.9 Å². The molecule has 1 aromatic heterocycles. The second kappa shape index (κ2) is 4.12. The Kier molecular flexibility index (Phi) is 2.82. The highest BCUT2D eigenvalue weighted by Crippen LogP contribution is 2.33. The SMILES string of the molecule is CC(C)n1c(N=C=O)cc2c(Cl)cccc21. The minimum absolute atomic E-state index is 0.211. The Morgan fingerprint density at radius 3 is 2.81 bits per heavy atom. The van der Waals surface area contributed by atoms with Crippen LogP contribution in [0.5, 0.6) is 0 Å². The van der Waals surface area contributed by atoms with E-state index in [1.807, 2.05) is 42.7 Å². The average molecular weight is 235 g/mol. The highest BCUT2D eigenvalue weighted by atomic mass is 35.5. The quantitative estimate of drug-likeness (QED) is 0.574. The van der Waals surface area contributed by atoms with E-state index >= 15 is 0 Å². The van der Waals surface area contributed by atoms with Crippen molar-refractivity contribution in [2.75, 3.05) is 0 Å². The molecule has 0 aliphatic heterocycles. The van der Waals surface area contributed by atoms with Crippen molar-refractivity contribution in [3.8, 4) is 0 Å². The summed E-state index contributed by atoms with van der Waals surface area (Å²) in [4.78, 5) is 14.1. The van der Waals surface area contributed by atoms with Crippen molar-refractivity contribution in [1.82, 2.24) is 4.57 Å². The number of aliphatic imine (C=N–C) groups is 1. The van der Waals surface area contributed by atoms with Crippen LogP contribution in [0.2, 0.25) is 5.02 Å². The van der Waals surface area contributed by atoms with Crippen molar-refractivity contribution in [2.45, 2.75) is 19.9 Å². The van der Waals surface area contributed by atoms with Gasteiger partial charge < -0.3 is 4.57 Å². The number of isocyanates is 1. The first-order valence-electron chi connectivity index (χ1n) is 5.02. The molecule has 0 unspecified atom stereocenters. The zero-order valence-corrected chi connectivity index (χ0v) is 9.82. The lowest BCUT2D eigenvalue weighted by Gasteiger charge is -2.11. The minimum atomic E-state index is 0.211. The molecule has 82 valence electrons. The van der Waals surface area contributed by atoms with Crippen molar-refractivity contribution in [1.29, 1.82) is 0 Å². The molecule has 0 fully saturated rings. The fourth-order valence-electron chi connectivity index (χ4n) is 1.88. The summed E-state index contributed by atoms with van der Waals surface area (Å²) in [5, 5.41) is 1.58. The molecule has 4 heteroatoms. The van der Waals surface area contributed by atoms with Crippen molar-refractivity contribution >= 4 is 34.4 Å². The summed E-state index contributed by atoms with van der Waals surface area (Å²) >= 11 is 6.09. The van der Waals surface area contributed by atoms with Gasteiger partial charge in [0.2, 0.25) is 6.08 Å². The van der Waals surface area contributed by atoms with E-state index in [9.17, 15) is 4.79 Å². The maximum atomic E-state index is 10.4. The molecule has 0 aliphatic rings. The van der Waals surface area contributed by atoms with Crippen molar-refractivity contribution in [3.05, 3.63) is 29.3 Å². The molecule has 0 saturated carbocycles. The molecule has 0 radical (unpaired) electrons. The van der Waals surface area contributed by atoms with E-state index in [-0.39, 0.29) is 6.04 Å². The molecule has 2 aromatic rings. The summed E-state index contributed by atoms with van der Waals surface area (Å²) in [6.07, 6.45) is 1.57. The number of carbonyl (C=O) groups excluding carboxylic acids is 1. The molecule has 0 bridgehead atoms. The predicted molar refractivity (Wildman–Crippen MR) is 65.1 cm³/mol. The monoisotopic (exact) mass is 234 g/mol. The highest BCUT2D eigenvalue weighted by Gasteiger charge is 2.12. The van der Waals surface area contributed by atoms with Gasteiger partial charge in [-0.05, 0) is 32.0 Å². The molecule has 0 amide bonds. The fourth-order valence-corrected chi connectivity index (χ4v) is 2.10. The fraction of sp³-hybridized carbons (Fsp3) is 0.250. The summed E-state index contributed by atoms with van der Waals surface area (Å²) < 4.78 is 1.96. The van der Waals surface area contributed by atoms with Crippen molar-refractivity contribution in [3.63, 3.8) is 0 Å². The number of aromatic nitrogens is 1. The summed E-state index contributed by atoms with van der Waals surface area (Å²) in [6, 6.07) is 7.69. The molecular formula is C12H11ClN2O. The largest absolute Gasteiger partial charge is 0.323 e. The maximum absolute atomic E-state index is 10.4. The van der Waals surface area contributed by atoms with Crippen LogP contribution in [-0.2, 0) is 4.79 Å². The van der Waals surface area contributed by atoms with Gasteiger partial charge in [0.05, 0.1) is 10.5 Å². The van der Waals surface area contributed by atoms with Gasteiger partial charge in [0, 0.05) is 11.4 Å². The number of nitrogens with zero attached hydrogens (tertiary/aromatic N) is 2. The zero-order valence-electron chi connectivity index (χ0n) is 9.07. The van der Waals surface area contributed by atoms with Gasteiger partial charge in [-0.2, -0.15) is 0 Å². The first-order chi connectivity index (χ1) is 7.65. The van der Waals surface area contributed by atoms with Gasteiger partial charge in [0.25, 0.3) is 0 Å². The second-order valence-electron chi connectivity index (χ2n) is 3.84. The van der Waals surface area contributed by atoms with E-state index in [2.05, 4.69) is 4.99 Å². The van der Waals surface area contributed by atoms with Gasteiger partial charge in [0.15, 0.2) is 0 Å². The van der Waals surface area contributed by atoms with Gasteiger partial charge >= 0.3 is 0 Å². The number of hydrogen-bond donors (Lipinski definition) is 0. The van der Waals surface area contributed by atoms with Gasteiger partial charge in [-0.25, -0.2) is 4.79 Å². The van der Waals surface area contributed by atoms with Gasteiger partial charge in [-0.1, -0.05) is 17.7 Å². The molecule has 0 spiro atoms. The summed E-state index contributed by atoms with van der Waals surface area (Å²) in [5.41, 5.74) is 0.983. The Hall–Kier alpha value is -1.57. The molecule has 3 nitrogen and oxygen atoms in total. The standard InChI is InChI=1S/C12H11ClN2O/c1-8(2)15-11-5-3-4-10(13)9(11)6-12(15)14-7-16/h3-6,8H,1-2H3. The number of halogens is 1. The molecule has 1 heterocycles. The molecule has 1 aromatic carbocycles. The van der Waals surface area contributed by atoms with Crippen molar-refractivity contribution < 1.29 is 4.79 Å². The number of hydrogen-bond acceptors (Lipinski definition) is 2. The predicted octanol–water partition coefficient (Wildman–Crippen LogP) is 3.84. The Labute approximate surface area is 98.4 Å². The lowest BCUT2D eigenvalue weighted by Crippen LogP contribution is -1.99. The van der Waals surface area contributed by atoms with Crippen LogP contribution in [-0.4, -0.2) is 10.6 Å². The minimum Gasteiger partial charge on any atom is -0.323 e. The highest BCUT2D eigenvalue weighted by molar-refractivity contribution is 6.35. The Morgan fingerprint density at radius 2 is 2.19 bits per heavy atom. The van der Waals surface area contributed by atoms with Crippen LogP contribution in [0.25, 0.3) is 10.9 Å². The van der Waals surface area contributed by atoms with E-state index in [0.29, 0.717) is 10.8 Å². The van der Waals surface area contributed by atoms with Crippen LogP contribution in [0.15, 0.2) is 29.3 Å². The number of fused-ring (bicyclic) bond motifs is 1. The topological polar surface area (TPSA) is 34.4 Å². The van der Waals surface area contributed by atoms with Crippen LogP contribution >= 0.6 is 11.6 Å². The third-order valence-corrected chi connectivity index (χ3v) is 2.82. The van der Waals surface area contributed by atoms with E-state index in [1.54, 1.807) is 6.08 Å². The van der Waals surface area contributed by atoms with Gasteiger partial charge in [-0.3, -0.25) is 0 Å². The van der Waals surface area contributed by atoms with Crippen molar-refractivity contribution in [2.24, 2.45) is 4.99 Å². The molecule has 16 heavy (non-hydrogen) atoms. The third-order valence-electron chi connectivity index (χ3n) is 2.49. The van der Waals surface area contributed by atoms with Gasteiger partial charge in [-0.15, -0.1) is 4.99 Å². The summed E-state index contributed by atoms with van der Waals surface area (Å²) in [7, 11) is 0. The summed E-state index contributed by atoms with van der Waals surface area (Å²) in [6.45, 7) is 4.06. The summed E-state index contributed by atoms with van der Waals surface area (Å²) in [5.74, 6) is 0.591. The Balaban J connectivity index is 2.86. The van der Waals surface area contributed by atoms with Crippen LogP contribution in [0.4, 0.5) is 5.82 Å². The van der Waals surface area contributed by atoms with E-state index in [0.717, 1.165) is 10.9 Å². The number of benzene rings is 1. The molecule has 0 atom stereocenters. The molecular weight excluding hydrogens is 224 g/mol. The third kappa shape index (κ3) is 1.64. The van der Waals surface area contributed by atoms with Crippen LogP contribution in [0, 0.1) is 0 Å². The lowest BCUT2D eigenvalue weighted by atomic mass is 10.2.